The fraction of sp³-hybridized carbons (Fsp3) is 0.353. The van der Waals surface area contributed by atoms with Crippen molar-refractivity contribution in [3.05, 3.63) is 33.7 Å². The van der Waals surface area contributed by atoms with Gasteiger partial charge in [-0.1, -0.05) is 0 Å². The van der Waals surface area contributed by atoms with Crippen LogP contribution >= 0.6 is 22.6 Å². The van der Waals surface area contributed by atoms with Crippen LogP contribution in [0.1, 0.15) is 19.4 Å². The number of anilines is 2. The van der Waals surface area contributed by atoms with E-state index >= 15 is 0 Å². The van der Waals surface area contributed by atoms with Crippen molar-refractivity contribution in [3.8, 4) is 5.75 Å². The number of phenolic OH excluding ortho intramolecular Hbond substituents is 1. The Morgan fingerprint density at radius 3 is 2.81 bits per heavy atom. The molecule has 4 N–H and O–H groups in total. The van der Waals surface area contributed by atoms with Gasteiger partial charge >= 0.3 is 0 Å². The van der Waals surface area contributed by atoms with Crippen LogP contribution in [0.2, 0.25) is 0 Å². The van der Waals surface area contributed by atoms with Crippen molar-refractivity contribution < 1.29 is 10.2 Å². The maximum Gasteiger partial charge on any atom is 0.226 e. The van der Waals surface area contributed by atoms with Crippen LogP contribution in [0.25, 0.3) is 11.2 Å². The first-order valence-corrected chi connectivity index (χ1v) is 9.42. The van der Waals surface area contributed by atoms with Crippen molar-refractivity contribution >= 4 is 45.5 Å². The van der Waals surface area contributed by atoms with E-state index in [1.807, 2.05) is 23.6 Å². The molecular formula is C17H21IN6O2. The molecule has 1 unspecified atom stereocenters. The molecule has 0 aliphatic heterocycles. The third-order valence-electron chi connectivity index (χ3n) is 3.85. The number of rotatable bonds is 7. The highest BCUT2D eigenvalue weighted by Crippen LogP contribution is 2.24. The van der Waals surface area contributed by atoms with Crippen LogP contribution in [0.5, 0.6) is 5.75 Å². The molecule has 0 bridgehead atoms. The number of aliphatic hydroxyl groups excluding tert-OH is 1. The number of phenols is 1. The third kappa shape index (κ3) is 4.15. The summed E-state index contributed by atoms with van der Waals surface area (Å²) in [7, 11) is 0. The summed E-state index contributed by atoms with van der Waals surface area (Å²) in [5.74, 6) is 1.23. The molecule has 9 heteroatoms. The second-order valence-electron chi connectivity index (χ2n) is 5.96. The van der Waals surface area contributed by atoms with Gasteiger partial charge in [-0.25, -0.2) is 4.98 Å². The predicted molar refractivity (Wildman–Crippen MR) is 109 cm³/mol. The van der Waals surface area contributed by atoms with E-state index in [0.29, 0.717) is 36.0 Å². The van der Waals surface area contributed by atoms with Crippen molar-refractivity contribution in [2.24, 2.45) is 0 Å². The van der Waals surface area contributed by atoms with E-state index in [1.165, 1.54) is 0 Å². The van der Waals surface area contributed by atoms with Gasteiger partial charge in [-0.3, -0.25) is 0 Å². The van der Waals surface area contributed by atoms with E-state index in [4.69, 9.17) is 0 Å². The molecule has 2 heterocycles. The normalized spacial score (nSPS) is 12.3. The molecular weight excluding hydrogens is 447 g/mol. The number of aliphatic hydroxyl groups is 1. The fourth-order valence-corrected chi connectivity index (χ4v) is 3.05. The molecule has 3 rings (SSSR count). The lowest BCUT2D eigenvalue weighted by Crippen LogP contribution is -2.17. The van der Waals surface area contributed by atoms with Gasteiger partial charge in [-0.05, 0) is 54.6 Å². The van der Waals surface area contributed by atoms with Gasteiger partial charge in [0.05, 0.1) is 12.4 Å². The molecule has 2 aromatic heterocycles. The molecule has 26 heavy (non-hydrogen) atoms. The minimum atomic E-state index is -0.509. The van der Waals surface area contributed by atoms with Gasteiger partial charge in [-0.15, -0.1) is 0 Å². The number of aromatic hydroxyl groups is 1. The molecule has 138 valence electrons. The van der Waals surface area contributed by atoms with E-state index < -0.39 is 6.10 Å². The minimum absolute atomic E-state index is 0.231. The summed E-state index contributed by atoms with van der Waals surface area (Å²) in [5, 5.41) is 25.8. The van der Waals surface area contributed by atoms with Crippen LogP contribution in [0.3, 0.4) is 0 Å². The molecule has 1 atom stereocenters. The topological polar surface area (TPSA) is 108 Å². The number of aromatic nitrogens is 4. The second kappa shape index (κ2) is 8.04. The van der Waals surface area contributed by atoms with Crippen molar-refractivity contribution in [1.82, 2.24) is 19.5 Å². The maximum absolute atomic E-state index is 10.0. The van der Waals surface area contributed by atoms with E-state index in [9.17, 15) is 10.2 Å². The Bertz CT molecular complexity index is 912. The van der Waals surface area contributed by atoms with Crippen molar-refractivity contribution in [2.45, 2.75) is 33.0 Å². The van der Waals surface area contributed by atoms with Gasteiger partial charge < -0.3 is 25.4 Å². The highest BCUT2D eigenvalue weighted by Gasteiger charge is 2.14. The first kappa shape index (κ1) is 18.6. The molecule has 0 aliphatic carbocycles. The van der Waals surface area contributed by atoms with Crippen LogP contribution in [0.4, 0.5) is 11.8 Å². The highest BCUT2D eigenvalue weighted by atomic mass is 127. The van der Waals surface area contributed by atoms with Crippen LogP contribution < -0.4 is 10.6 Å². The third-order valence-corrected chi connectivity index (χ3v) is 4.52. The summed E-state index contributed by atoms with van der Waals surface area (Å²) in [6, 6.07) is 5.44. The molecule has 0 aliphatic rings. The Kier molecular flexibility index (Phi) is 5.77. The first-order valence-electron chi connectivity index (χ1n) is 8.34. The van der Waals surface area contributed by atoms with Crippen molar-refractivity contribution in [2.75, 3.05) is 17.2 Å². The second-order valence-corrected chi connectivity index (χ2v) is 7.20. The molecule has 0 fully saturated rings. The van der Waals surface area contributed by atoms with Crippen molar-refractivity contribution in [3.63, 3.8) is 0 Å². The monoisotopic (exact) mass is 468 g/mol. The zero-order chi connectivity index (χ0) is 18.7. The fourth-order valence-electron chi connectivity index (χ4n) is 2.49. The van der Waals surface area contributed by atoms with Gasteiger partial charge in [-0.2, -0.15) is 9.97 Å². The Labute approximate surface area is 164 Å². The highest BCUT2D eigenvalue weighted by molar-refractivity contribution is 14.1. The van der Waals surface area contributed by atoms with Gasteiger partial charge in [0.25, 0.3) is 0 Å². The number of nitrogens with one attached hydrogen (secondary N) is 2. The number of imidazole rings is 1. The number of halogens is 1. The molecule has 1 aromatic carbocycles. The summed E-state index contributed by atoms with van der Waals surface area (Å²) in [6.45, 7) is 5.21. The van der Waals surface area contributed by atoms with E-state index in [0.717, 1.165) is 15.7 Å². The lowest BCUT2D eigenvalue weighted by Gasteiger charge is -2.12. The van der Waals surface area contributed by atoms with E-state index in [-0.39, 0.29) is 5.75 Å². The lowest BCUT2D eigenvalue weighted by molar-refractivity contribution is 0.208. The molecule has 0 spiro atoms. The van der Waals surface area contributed by atoms with Gasteiger partial charge in [0.2, 0.25) is 5.95 Å². The maximum atomic E-state index is 10.0. The number of hydrogen-bond donors (Lipinski definition) is 4. The molecule has 3 aromatic rings. The Morgan fingerprint density at radius 2 is 2.08 bits per heavy atom. The summed E-state index contributed by atoms with van der Waals surface area (Å²) in [6.07, 6.45) is 1.22. The summed E-state index contributed by atoms with van der Waals surface area (Å²) < 4.78 is 2.97. The standard InChI is InChI=1S/C17H21IN6O2/c1-3-24-9-21-14-15(19-8-11-6-12(18)4-5-13(11)26)22-17(23-16(14)24)20-7-10(2)25/h4-6,9-10,25-26H,3,7-8H2,1-2H3,(H2,19,20,22,23). The molecule has 0 amide bonds. The van der Waals surface area contributed by atoms with Crippen LogP contribution in [0.15, 0.2) is 24.5 Å². The molecule has 0 radical (unpaired) electrons. The van der Waals surface area contributed by atoms with E-state index in [2.05, 4.69) is 48.2 Å². The van der Waals surface area contributed by atoms with Gasteiger partial charge in [0, 0.05) is 28.8 Å². The minimum Gasteiger partial charge on any atom is -0.508 e. The molecule has 8 nitrogen and oxygen atoms in total. The predicted octanol–water partition coefficient (Wildman–Crippen LogP) is 2.56. The van der Waals surface area contributed by atoms with Crippen LogP contribution in [-0.4, -0.2) is 42.4 Å². The summed E-state index contributed by atoms with van der Waals surface area (Å²) >= 11 is 2.21. The largest absolute Gasteiger partial charge is 0.508 e. The SMILES string of the molecule is CCn1cnc2c(NCc3cc(I)ccc3O)nc(NCC(C)O)nc21. The molecule has 0 saturated carbocycles. The Morgan fingerprint density at radius 1 is 1.27 bits per heavy atom. The smallest absolute Gasteiger partial charge is 0.226 e. The molecule has 0 saturated heterocycles. The number of benzene rings is 1. The van der Waals surface area contributed by atoms with Crippen LogP contribution in [0, 0.1) is 3.57 Å². The zero-order valence-electron chi connectivity index (χ0n) is 14.6. The van der Waals surface area contributed by atoms with Gasteiger partial charge in [0.15, 0.2) is 17.0 Å². The average Bonchev–Trinajstić information content (AvgIpc) is 3.03. The van der Waals surface area contributed by atoms with Crippen molar-refractivity contribution in [1.29, 1.82) is 0 Å². The van der Waals surface area contributed by atoms with Gasteiger partial charge in [0.1, 0.15) is 5.75 Å². The summed E-state index contributed by atoms with van der Waals surface area (Å²) in [4.78, 5) is 13.4. The van der Waals surface area contributed by atoms with Crippen LogP contribution in [-0.2, 0) is 13.1 Å². The Balaban J connectivity index is 1.92. The quantitative estimate of drug-likeness (QED) is 0.395. The summed E-state index contributed by atoms with van der Waals surface area (Å²) in [5.41, 5.74) is 2.15. The lowest BCUT2D eigenvalue weighted by atomic mass is 10.2. The number of nitrogens with zero attached hydrogens (tertiary/aromatic N) is 4. The first-order chi connectivity index (χ1) is 12.5. The number of fused-ring (bicyclic) bond motifs is 1. The number of aryl methyl sites for hydroxylation is 1. The number of hydrogen-bond acceptors (Lipinski definition) is 7. The zero-order valence-corrected chi connectivity index (χ0v) is 16.7. The van der Waals surface area contributed by atoms with E-state index in [1.54, 1.807) is 19.3 Å². The Hall–Kier alpha value is -2.14. The average molecular weight is 468 g/mol.